The summed E-state index contributed by atoms with van der Waals surface area (Å²) >= 11 is 0. The molecule has 2 rings (SSSR count). The predicted octanol–water partition coefficient (Wildman–Crippen LogP) is 1.84. The number of carbonyl (C=O) groups is 1. The van der Waals surface area contributed by atoms with Crippen molar-refractivity contribution in [3.8, 4) is 0 Å². The number of halogens is 1. The number of amides is 1. The normalized spacial score (nSPS) is 17.1. The molecule has 1 amide bonds. The topological polar surface area (TPSA) is 46.3 Å². The van der Waals surface area contributed by atoms with Gasteiger partial charge in [0.25, 0.3) is 0 Å². The molecule has 3 nitrogen and oxygen atoms in total. The molecule has 1 aliphatic rings. The molecule has 4 heteroatoms. The average molecular weight is 236 g/mol. The van der Waals surface area contributed by atoms with Crippen LogP contribution in [0.25, 0.3) is 0 Å². The van der Waals surface area contributed by atoms with Gasteiger partial charge in [-0.15, -0.1) is 0 Å². The molecular formula is C13H17FN2O. The minimum absolute atomic E-state index is 0.115. The molecular weight excluding hydrogens is 219 g/mol. The van der Waals surface area contributed by atoms with E-state index in [4.69, 9.17) is 5.73 Å². The van der Waals surface area contributed by atoms with Gasteiger partial charge >= 0.3 is 0 Å². The number of rotatable bonds is 5. The predicted molar refractivity (Wildman–Crippen MR) is 63.7 cm³/mol. The molecule has 0 unspecified atom stereocenters. The third-order valence-corrected chi connectivity index (χ3v) is 3.21. The Morgan fingerprint density at radius 1 is 1.53 bits per heavy atom. The summed E-state index contributed by atoms with van der Waals surface area (Å²) in [6.45, 7) is 2.11. The van der Waals surface area contributed by atoms with E-state index in [0.29, 0.717) is 11.6 Å². The van der Waals surface area contributed by atoms with Crippen LogP contribution in [0, 0.1) is 5.82 Å². The first-order valence-corrected chi connectivity index (χ1v) is 5.88. The van der Waals surface area contributed by atoms with E-state index in [1.807, 2.05) is 17.9 Å². The van der Waals surface area contributed by atoms with E-state index >= 15 is 0 Å². The summed E-state index contributed by atoms with van der Waals surface area (Å²) in [6.07, 6.45) is 2.12. The SMILES string of the molecule is C[C@@H](c1ccccc1F)N(CC(N)=O)C1CC1. The van der Waals surface area contributed by atoms with Gasteiger partial charge in [0.15, 0.2) is 0 Å². The number of nitrogens with two attached hydrogens (primary N) is 1. The highest BCUT2D eigenvalue weighted by Crippen LogP contribution is 2.34. The third kappa shape index (κ3) is 2.82. The maximum Gasteiger partial charge on any atom is 0.231 e. The lowest BCUT2D eigenvalue weighted by Crippen LogP contribution is -2.37. The molecule has 92 valence electrons. The average Bonchev–Trinajstić information content (AvgIpc) is 3.09. The first-order chi connectivity index (χ1) is 8.09. The van der Waals surface area contributed by atoms with Crippen molar-refractivity contribution in [3.63, 3.8) is 0 Å². The van der Waals surface area contributed by atoms with Crippen LogP contribution >= 0.6 is 0 Å². The molecule has 1 aromatic carbocycles. The van der Waals surface area contributed by atoms with Crippen LogP contribution in [0.5, 0.6) is 0 Å². The fraction of sp³-hybridized carbons (Fsp3) is 0.462. The second kappa shape index (κ2) is 4.84. The van der Waals surface area contributed by atoms with Gasteiger partial charge in [0, 0.05) is 17.6 Å². The summed E-state index contributed by atoms with van der Waals surface area (Å²) in [5.41, 5.74) is 5.86. The van der Waals surface area contributed by atoms with Crippen LogP contribution in [0.15, 0.2) is 24.3 Å². The molecule has 2 N–H and O–H groups in total. The number of hydrogen-bond donors (Lipinski definition) is 1. The number of nitrogens with zero attached hydrogens (tertiary/aromatic N) is 1. The summed E-state index contributed by atoms with van der Waals surface area (Å²) in [7, 11) is 0. The van der Waals surface area contributed by atoms with Crippen molar-refractivity contribution in [1.82, 2.24) is 4.90 Å². The zero-order chi connectivity index (χ0) is 12.4. The summed E-state index contributed by atoms with van der Waals surface area (Å²) < 4.78 is 13.7. The van der Waals surface area contributed by atoms with Crippen LogP contribution in [-0.4, -0.2) is 23.4 Å². The lowest BCUT2D eigenvalue weighted by Gasteiger charge is -2.28. The summed E-state index contributed by atoms with van der Waals surface area (Å²) in [6, 6.07) is 6.94. The third-order valence-electron chi connectivity index (χ3n) is 3.21. The molecule has 0 bridgehead atoms. The lowest BCUT2D eigenvalue weighted by atomic mass is 10.1. The molecule has 1 saturated carbocycles. The fourth-order valence-corrected chi connectivity index (χ4v) is 2.16. The molecule has 0 spiro atoms. The zero-order valence-corrected chi connectivity index (χ0v) is 9.90. The van der Waals surface area contributed by atoms with Gasteiger partial charge in [0.2, 0.25) is 5.91 Å². The van der Waals surface area contributed by atoms with Crippen molar-refractivity contribution in [2.45, 2.75) is 31.8 Å². The van der Waals surface area contributed by atoms with Crippen LogP contribution in [0.1, 0.15) is 31.4 Å². The van der Waals surface area contributed by atoms with E-state index in [2.05, 4.69) is 0 Å². The van der Waals surface area contributed by atoms with E-state index in [0.717, 1.165) is 12.8 Å². The smallest absolute Gasteiger partial charge is 0.231 e. The standard InChI is InChI=1S/C13H17FN2O/c1-9(11-4-2-3-5-12(11)14)16(8-13(15)17)10-6-7-10/h2-5,9-10H,6-8H2,1H3,(H2,15,17)/t9-/m0/s1. The summed E-state index contributed by atoms with van der Waals surface area (Å²) in [5.74, 6) is -0.588. The van der Waals surface area contributed by atoms with Gasteiger partial charge in [0.1, 0.15) is 5.82 Å². The van der Waals surface area contributed by atoms with Crippen molar-refractivity contribution in [3.05, 3.63) is 35.6 Å². The van der Waals surface area contributed by atoms with Crippen molar-refractivity contribution in [2.24, 2.45) is 5.73 Å². The fourth-order valence-electron chi connectivity index (χ4n) is 2.16. The minimum Gasteiger partial charge on any atom is -0.369 e. The molecule has 1 aliphatic carbocycles. The highest BCUT2D eigenvalue weighted by molar-refractivity contribution is 5.76. The molecule has 0 heterocycles. The Morgan fingerprint density at radius 3 is 2.71 bits per heavy atom. The van der Waals surface area contributed by atoms with Crippen LogP contribution in [0.4, 0.5) is 4.39 Å². The molecule has 0 saturated heterocycles. The van der Waals surface area contributed by atoms with Gasteiger partial charge < -0.3 is 5.73 Å². The van der Waals surface area contributed by atoms with Gasteiger partial charge in [-0.1, -0.05) is 18.2 Å². The first-order valence-electron chi connectivity index (χ1n) is 5.88. The first kappa shape index (κ1) is 12.0. The van der Waals surface area contributed by atoms with Crippen molar-refractivity contribution in [1.29, 1.82) is 0 Å². The maximum atomic E-state index is 13.7. The van der Waals surface area contributed by atoms with Crippen molar-refractivity contribution >= 4 is 5.91 Å². The van der Waals surface area contributed by atoms with Crippen LogP contribution < -0.4 is 5.73 Å². The Labute approximate surface area is 100 Å². The maximum absolute atomic E-state index is 13.7. The molecule has 0 aliphatic heterocycles. The number of primary amides is 1. The van der Waals surface area contributed by atoms with Gasteiger partial charge in [-0.2, -0.15) is 0 Å². The number of carbonyl (C=O) groups excluding carboxylic acids is 1. The minimum atomic E-state index is -0.361. The van der Waals surface area contributed by atoms with E-state index < -0.39 is 0 Å². The summed E-state index contributed by atoms with van der Waals surface area (Å²) in [5, 5.41) is 0. The largest absolute Gasteiger partial charge is 0.369 e. The molecule has 0 aromatic heterocycles. The quantitative estimate of drug-likeness (QED) is 0.847. The van der Waals surface area contributed by atoms with Crippen LogP contribution in [0.3, 0.4) is 0 Å². The van der Waals surface area contributed by atoms with Crippen LogP contribution in [0.2, 0.25) is 0 Å². The Morgan fingerprint density at radius 2 is 2.18 bits per heavy atom. The van der Waals surface area contributed by atoms with E-state index in [-0.39, 0.29) is 24.3 Å². The van der Waals surface area contributed by atoms with Crippen molar-refractivity contribution < 1.29 is 9.18 Å². The second-order valence-corrected chi connectivity index (χ2v) is 4.57. The van der Waals surface area contributed by atoms with Gasteiger partial charge in [-0.25, -0.2) is 4.39 Å². The number of benzene rings is 1. The lowest BCUT2D eigenvalue weighted by molar-refractivity contribution is -0.119. The van der Waals surface area contributed by atoms with Gasteiger partial charge in [0.05, 0.1) is 6.54 Å². The highest BCUT2D eigenvalue weighted by atomic mass is 19.1. The molecule has 17 heavy (non-hydrogen) atoms. The van der Waals surface area contributed by atoms with Crippen molar-refractivity contribution in [2.75, 3.05) is 6.54 Å². The monoisotopic (exact) mass is 236 g/mol. The highest BCUT2D eigenvalue weighted by Gasteiger charge is 2.34. The summed E-state index contributed by atoms with van der Waals surface area (Å²) in [4.78, 5) is 13.0. The van der Waals surface area contributed by atoms with Gasteiger partial charge in [-0.05, 0) is 25.8 Å². The Hall–Kier alpha value is -1.42. The molecule has 0 radical (unpaired) electrons. The molecule has 1 atom stereocenters. The Bertz CT molecular complexity index is 418. The molecule has 1 fully saturated rings. The molecule has 1 aromatic rings. The Balaban J connectivity index is 2.18. The van der Waals surface area contributed by atoms with E-state index in [9.17, 15) is 9.18 Å². The zero-order valence-electron chi connectivity index (χ0n) is 9.90. The second-order valence-electron chi connectivity index (χ2n) is 4.57. The van der Waals surface area contributed by atoms with E-state index in [1.54, 1.807) is 12.1 Å². The van der Waals surface area contributed by atoms with Crippen LogP contribution in [-0.2, 0) is 4.79 Å². The van der Waals surface area contributed by atoms with E-state index in [1.165, 1.54) is 6.07 Å². The Kier molecular flexibility index (Phi) is 3.43. The van der Waals surface area contributed by atoms with Gasteiger partial charge in [-0.3, -0.25) is 9.69 Å². The number of hydrogen-bond acceptors (Lipinski definition) is 2.